The number of aromatic amines is 1. The summed E-state index contributed by atoms with van der Waals surface area (Å²) >= 11 is 0. The van der Waals surface area contributed by atoms with Crippen molar-refractivity contribution in [2.45, 2.75) is 38.6 Å². The van der Waals surface area contributed by atoms with E-state index in [0.29, 0.717) is 5.69 Å². The second kappa shape index (κ2) is 6.86. The average molecular weight is 313 g/mol. The molecule has 23 heavy (non-hydrogen) atoms. The smallest absolute Gasteiger partial charge is 0.272 e. The highest BCUT2D eigenvalue weighted by atomic mass is 16.5. The quantitative estimate of drug-likeness (QED) is 0.943. The number of ether oxygens (including phenoxy) is 1. The van der Waals surface area contributed by atoms with Gasteiger partial charge in [-0.15, -0.1) is 0 Å². The van der Waals surface area contributed by atoms with Gasteiger partial charge in [0.2, 0.25) is 0 Å². The highest BCUT2D eigenvalue weighted by Crippen LogP contribution is 2.32. The van der Waals surface area contributed by atoms with Gasteiger partial charge in [0.1, 0.15) is 17.3 Å². The normalized spacial score (nSPS) is 18.5. The second-order valence-electron chi connectivity index (χ2n) is 6.02. The second-order valence-corrected chi connectivity index (χ2v) is 6.02. The lowest BCUT2D eigenvalue weighted by Gasteiger charge is -2.30. The van der Waals surface area contributed by atoms with Gasteiger partial charge in [-0.2, -0.15) is 0 Å². The molecular formula is C18H23N3O2. The maximum absolute atomic E-state index is 12.9. The molecule has 1 atom stereocenters. The number of carbonyl (C=O) groups excluding carboxylic acids is 1. The van der Waals surface area contributed by atoms with Crippen LogP contribution >= 0.6 is 0 Å². The summed E-state index contributed by atoms with van der Waals surface area (Å²) in [6, 6.07) is 8.16. The number of hydrogen-bond donors (Lipinski definition) is 1. The van der Waals surface area contributed by atoms with Crippen LogP contribution in [0.15, 0.2) is 30.5 Å². The molecule has 0 radical (unpaired) electrons. The number of imidazole rings is 1. The van der Waals surface area contributed by atoms with Crippen LogP contribution in [-0.2, 0) is 0 Å². The van der Waals surface area contributed by atoms with E-state index in [0.717, 1.165) is 42.9 Å². The summed E-state index contributed by atoms with van der Waals surface area (Å²) in [7, 11) is 1.66. The van der Waals surface area contributed by atoms with Crippen LogP contribution in [0.5, 0.6) is 5.75 Å². The van der Waals surface area contributed by atoms with Crippen LogP contribution in [0, 0.1) is 6.92 Å². The summed E-state index contributed by atoms with van der Waals surface area (Å²) in [6.07, 6.45) is 5.98. The van der Waals surface area contributed by atoms with Gasteiger partial charge in [-0.25, -0.2) is 4.98 Å². The lowest BCUT2D eigenvalue weighted by Crippen LogP contribution is -2.35. The molecule has 0 saturated carbocycles. The van der Waals surface area contributed by atoms with Crippen LogP contribution in [0.1, 0.15) is 53.6 Å². The number of likely N-dealkylation sites (tertiary alicyclic amines) is 1. The van der Waals surface area contributed by atoms with Gasteiger partial charge in [0.05, 0.1) is 19.3 Å². The molecule has 2 heterocycles. The van der Waals surface area contributed by atoms with Gasteiger partial charge in [-0.1, -0.05) is 25.0 Å². The molecule has 0 spiro atoms. The first-order valence-electron chi connectivity index (χ1n) is 8.15. The highest BCUT2D eigenvalue weighted by molar-refractivity contribution is 5.92. The van der Waals surface area contributed by atoms with Crippen molar-refractivity contribution in [2.75, 3.05) is 13.7 Å². The molecule has 1 aromatic heterocycles. The summed E-state index contributed by atoms with van der Waals surface area (Å²) in [6.45, 7) is 2.65. The van der Waals surface area contributed by atoms with Crippen molar-refractivity contribution in [2.24, 2.45) is 0 Å². The minimum absolute atomic E-state index is 0.0355. The number of benzene rings is 1. The average Bonchev–Trinajstić information content (AvgIpc) is 2.87. The number of rotatable bonds is 3. The topological polar surface area (TPSA) is 58.2 Å². The first kappa shape index (κ1) is 15.6. The molecule has 0 bridgehead atoms. The van der Waals surface area contributed by atoms with Crippen molar-refractivity contribution >= 4 is 5.91 Å². The summed E-state index contributed by atoms with van der Waals surface area (Å²) < 4.78 is 5.23. The predicted octanol–water partition coefficient (Wildman–Crippen LogP) is 3.48. The van der Waals surface area contributed by atoms with E-state index < -0.39 is 0 Å². The fourth-order valence-electron chi connectivity index (χ4n) is 3.21. The Bertz CT molecular complexity index is 663. The molecule has 1 amide bonds. The van der Waals surface area contributed by atoms with Crippen molar-refractivity contribution in [1.29, 1.82) is 0 Å². The molecular weight excluding hydrogens is 290 g/mol. The highest BCUT2D eigenvalue weighted by Gasteiger charge is 2.28. The van der Waals surface area contributed by atoms with E-state index in [1.807, 2.05) is 24.0 Å². The molecule has 1 fully saturated rings. The molecule has 3 rings (SSSR count). The number of aromatic nitrogens is 2. The zero-order valence-corrected chi connectivity index (χ0v) is 13.7. The van der Waals surface area contributed by atoms with E-state index in [-0.39, 0.29) is 11.9 Å². The lowest BCUT2D eigenvalue weighted by molar-refractivity contribution is 0.0675. The van der Waals surface area contributed by atoms with Crippen LogP contribution < -0.4 is 4.74 Å². The third-order valence-electron chi connectivity index (χ3n) is 4.45. The Labute approximate surface area is 136 Å². The molecule has 1 aliphatic rings. The van der Waals surface area contributed by atoms with Gasteiger partial charge in [-0.05, 0) is 37.5 Å². The zero-order chi connectivity index (χ0) is 16.2. The van der Waals surface area contributed by atoms with Crippen molar-refractivity contribution in [3.8, 4) is 5.75 Å². The van der Waals surface area contributed by atoms with Crippen molar-refractivity contribution in [3.05, 3.63) is 47.5 Å². The SMILES string of the molecule is COc1ccc([C@@H]2CCCCCN2C(=O)c2cnc(C)[nH]2)cc1. The van der Waals surface area contributed by atoms with Gasteiger partial charge < -0.3 is 14.6 Å². The molecule has 1 N–H and O–H groups in total. The Kier molecular flexibility index (Phi) is 4.65. The minimum atomic E-state index is 0.0355. The summed E-state index contributed by atoms with van der Waals surface area (Å²) in [5, 5.41) is 0. The first-order chi connectivity index (χ1) is 11.2. The van der Waals surface area contributed by atoms with Crippen molar-refractivity contribution in [3.63, 3.8) is 0 Å². The van der Waals surface area contributed by atoms with E-state index in [1.165, 1.54) is 6.42 Å². The number of hydrogen-bond acceptors (Lipinski definition) is 3. The van der Waals surface area contributed by atoms with E-state index in [9.17, 15) is 4.79 Å². The third-order valence-corrected chi connectivity index (χ3v) is 4.45. The zero-order valence-electron chi connectivity index (χ0n) is 13.7. The van der Waals surface area contributed by atoms with Gasteiger partial charge >= 0.3 is 0 Å². The number of methoxy groups -OCH3 is 1. The van der Waals surface area contributed by atoms with Gasteiger partial charge in [0, 0.05) is 6.54 Å². The molecule has 1 saturated heterocycles. The summed E-state index contributed by atoms with van der Waals surface area (Å²) in [5.74, 6) is 1.64. The van der Waals surface area contributed by atoms with Crippen LogP contribution in [-0.4, -0.2) is 34.4 Å². The number of amides is 1. The van der Waals surface area contributed by atoms with Gasteiger partial charge in [-0.3, -0.25) is 4.79 Å². The van der Waals surface area contributed by atoms with Gasteiger partial charge in [0.15, 0.2) is 0 Å². The van der Waals surface area contributed by atoms with Crippen LogP contribution in [0.2, 0.25) is 0 Å². The summed E-state index contributed by atoms with van der Waals surface area (Å²) in [5.41, 5.74) is 1.74. The molecule has 5 heteroatoms. The number of aryl methyl sites for hydroxylation is 1. The van der Waals surface area contributed by atoms with Crippen molar-refractivity contribution < 1.29 is 9.53 Å². The standard InChI is InChI=1S/C18H23N3O2/c1-13-19-12-16(20-13)18(22)21-11-5-3-4-6-17(21)14-7-9-15(23-2)10-8-14/h7-10,12,17H,3-6,11H2,1-2H3,(H,19,20)/t17-/m0/s1. The fourth-order valence-corrected chi connectivity index (χ4v) is 3.21. The van der Waals surface area contributed by atoms with E-state index in [2.05, 4.69) is 22.1 Å². The number of H-pyrrole nitrogens is 1. The molecule has 0 unspecified atom stereocenters. The lowest BCUT2D eigenvalue weighted by atomic mass is 10.0. The Hall–Kier alpha value is -2.30. The molecule has 1 aromatic carbocycles. The van der Waals surface area contributed by atoms with Crippen LogP contribution in [0.3, 0.4) is 0 Å². The predicted molar refractivity (Wildman–Crippen MR) is 88.6 cm³/mol. The summed E-state index contributed by atoms with van der Waals surface area (Å²) in [4.78, 5) is 22.1. The van der Waals surface area contributed by atoms with E-state index in [1.54, 1.807) is 13.3 Å². The molecule has 1 aliphatic heterocycles. The van der Waals surface area contributed by atoms with E-state index >= 15 is 0 Å². The Morgan fingerprint density at radius 1 is 1.26 bits per heavy atom. The maximum Gasteiger partial charge on any atom is 0.272 e. The molecule has 122 valence electrons. The number of nitrogens with one attached hydrogen (secondary N) is 1. The first-order valence-corrected chi connectivity index (χ1v) is 8.15. The maximum atomic E-state index is 12.9. The van der Waals surface area contributed by atoms with Gasteiger partial charge in [0.25, 0.3) is 5.91 Å². The minimum Gasteiger partial charge on any atom is -0.497 e. The monoisotopic (exact) mass is 313 g/mol. The third kappa shape index (κ3) is 3.38. The molecule has 5 nitrogen and oxygen atoms in total. The van der Waals surface area contributed by atoms with Crippen LogP contribution in [0.4, 0.5) is 0 Å². The number of carbonyl (C=O) groups is 1. The Morgan fingerprint density at radius 2 is 2.04 bits per heavy atom. The van der Waals surface area contributed by atoms with Crippen LogP contribution in [0.25, 0.3) is 0 Å². The fraction of sp³-hybridized carbons (Fsp3) is 0.444. The van der Waals surface area contributed by atoms with Crippen molar-refractivity contribution in [1.82, 2.24) is 14.9 Å². The molecule has 2 aromatic rings. The van der Waals surface area contributed by atoms with E-state index in [4.69, 9.17) is 4.74 Å². The Balaban J connectivity index is 1.88. The molecule has 0 aliphatic carbocycles. The largest absolute Gasteiger partial charge is 0.497 e. The Morgan fingerprint density at radius 3 is 2.70 bits per heavy atom. The number of nitrogens with zero attached hydrogens (tertiary/aromatic N) is 2.